The number of aromatic nitrogens is 2. The lowest BCUT2D eigenvalue weighted by atomic mass is 10.3. The van der Waals surface area contributed by atoms with Crippen LogP contribution in [0, 0.1) is 0 Å². The monoisotopic (exact) mass is 369 g/mol. The summed E-state index contributed by atoms with van der Waals surface area (Å²) < 4.78 is 29.3. The molecule has 0 spiro atoms. The highest BCUT2D eigenvalue weighted by Gasteiger charge is 2.31. The van der Waals surface area contributed by atoms with Crippen molar-refractivity contribution >= 4 is 21.4 Å². The normalized spacial score (nSPS) is 16.3. The average molecular weight is 370 g/mol. The predicted octanol–water partition coefficient (Wildman–Crippen LogP) is 2.73. The molecule has 1 aliphatic rings. The van der Waals surface area contributed by atoms with Crippen LogP contribution in [0.25, 0.3) is 10.6 Å². The lowest BCUT2D eigenvalue weighted by Gasteiger charge is -2.18. The zero-order valence-corrected chi connectivity index (χ0v) is 15.4. The summed E-state index contributed by atoms with van der Waals surface area (Å²) >= 11 is 1.49. The molecular weight excluding hydrogens is 346 g/mol. The van der Waals surface area contributed by atoms with Gasteiger partial charge in [-0.3, -0.25) is 4.68 Å². The van der Waals surface area contributed by atoms with Crippen LogP contribution >= 0.6 is 11.3 Å². The minimum absolute atomic E-state index is 0.0946. The Hall–Kier alpha value is -1.22. The first kappa shape index (κ1) is 17.6. The maximum absolute atomic E-state index is 13.1. The highest BCUT2D eigenvalue weighted by Crippen LogP contribution is 2.35. The summed E-state index contributed by atoms with van der Waals surface area (Å²) in [7, 11) is -3.68. The van der Waals surface area contributed by atoms with Crippen LogP contribution in [-0.2, 0) is 10.0 Å². The number of nitrogens with zero attached hydrogens (tertiary/aromatic N) is 3. The second-order valence-electron chi connectivity index (χ2n) is 5.96. The van der Waals surface area contributed by atoms with E-state index in [1.54, 1.807) is 13.1 Å². The van der Waals surface area contributed by atoms with E-state index in [1.807, 2.05) is 22.2 Å². The third kappa shape index (κ3) is 3.28. The topological polar surface area (TPSA) is 75.4 Å². The van der Waals surface area contributed by atoms with E-state index >= 15 is 0 Å². The minimum atomic E-state index is -3.68. The van der Waals surface area contributed by atoms with Gasteiger partial charge in [-0.25, -0.2) is 8.42 Å². The largest absolute Gasteiger partial charge is 0.395 e. The number of thiophene rings is 1. The van der Waals surface area contributed by atoms with Gasteiger partial charge in [-0.1, -0.05) is 25.8 Å². The lowest BCUT2D eigenvalue weighted by molar-refractivity contribution is 0.257. The van der Waals surface area contributed by atoms with E-state index in [-0.39, 0.29) is 24.1 Å². The highest BCUT2D eigenvalue weighted by molar-refractivity contribution is 7.89. The van der Waals surface area contributed by atoms with Crippen LogP contribution in [0.15, 0.2) is 28.6 Å². The van der Waals surface area contributed by atoms with Crippen molar-refractivity contribution < 1.29 is 13.5 Å². The standard InChI is InChI=1S/C16H23N3O3S2/c1-2-18(9-10-20)24(21,22)15-12-19(13-6-3-4-7-13)17-16(15)14-8-5-11-23-14/h5,8,11-13,20H,2-4,6-7,9-10H2,1H3. The van der Waals surface area contributed by atoms with Gasteiger partial charge < -0.3 is 5.11 Å². The molecule has 0 unspecified atom stereocenters. The van der Waals surface area contributed by atoms with Gasteiger partial charge in [0.15, 0.2) is 0 Å². The van der Waals surface area contributed by atoms with E-state index in [2.05, 4.69) is 5.10 Å². The molecule has 0 bridgehead atoms. The number of hydrogen-bond donors (Lipinski definition) is 1. The van der Waals surface area contributed by atoms with Crippen molar-refractivity contribution in [3.8, 4) is 10.6 Å². The Morgan fingerprint density at radius 1 is 1.42 bits per heavy atom. The molecule has 24 heavy (non-hydrogen) atoms. The van der Waals surface area contributed by atoms with Gasteiger partial charge in [-0.2, -0.15) is 9.40 Å². The second-order valence-corrected chi connectivity index (χ2v) is 8.81. The van der Waals surface area contributed by atoms with E-state index in [9.17, 15) is 13.5 Å². The quantitative estimate of drug-likeness (QED) is 0.814. The molecule has 2 heterocycles. The van der Waals surface area contributed by atoms with Crippen LogP contribution in [-0.4, -0.2) is 47.3 Å². The first-order chi connectivity index (χ1) is 11.6. The van der Waals surface area contributed by atoms with Gasteiger partial charge >= 0.3 is 0 Å². The van der Waals surface area contributed by atoms with E-state index in [0.717, 1.165) is 30.6 Å². The van der Waals surface area contributed by atoms with E-state index in [4.69, 9.17) is 0 Å². The van der Waals surface area contributed by atoms with Crippen molar-refractivity contribution in [3.63, 3.8) is 0 Å². The second kappa shape index (κ2) is 7.35. The van der Waals surface area contributed by atoms with Gasteiger partial charge in [0.2, 0.25) is 10.0 Å². The summed E-state index contributed by atoms with van der Waals surface area (Å²) in [5, 5.41) is 15.7. The summed E-state index contributed by atoms with van der Waals surface area (Å²) in [4.78, 5) is 1.09. The number of aliphatic hydroxyl groups excluding tert-OH is 1. The Labute approximate surface area is 146 Å². The molecule has 1 saturated carbocycles. The number of aliphatic hydroxyl groups is 1. The summed E-state index contributed by atoms with van der Waals surface area (Å²) in [6.07, 6.45) is 6.08. The van der Waals surface area contributed by atoms with Crippen LogP contribution < -0.4 is 0 Å². The van der Waals surface area contributed by atoms with Crippen LogP contribution in [0.3, 0.4) is 0 Å². The molecule has 0 aliphatic heterocycles. The molecule has 0 saturated heterocycles. The van der Waals surface area contributed by atoms with Crippen LogP contribution in [0.4, 0.5) is 0 Å². The van der Waals surface area contributed by atoms with Gasteiger partial charge in [0.05, 0.1) is 17.5 Å². The Morgan fingerprint density at radius 2 is 2.17 bits per heavy atom. The summed E-state index contributed by atoms with van der Waals surface area (Å²) in [6, 6.07) is 4.07. The summed E-state index contributed by atoms with van der Waals surface area (Å²) in [5.74, 6) is 0. The number of likely N-dealkylation sites (N-methyl/N-ethyl adjacent to an activating group) is 1. The molecule has 1 fully saturated rings. The summed E-state index contributed by atoms with van der Waals surface area (Å²) in [6.45, 7) is 2.00. The number of sulfonamides is 1. The lowest BCUT2D eigenvalue weighted by Crippen LogP contribution is -2.33. The van der Waals surface area contributed by atoms with Crippen LogP contribution in [0.5, 0.6) is 0 Å². The number of rotatable bonds is 7. The van der Waals surface area contributed by atoms with Gasteiger partial charge in [0.25, 0.3) is 0 Å². The molecular formula is C16H23N3O3S2. The fourth-order valence-corrected chi connectivity index (χ4v) is 5.57. The van der Waals surface area contributed by atoms with E-state index in [0.29, 0.717) is 12.2 Å². The van der Waals surface area contributed by atoms with Gasteiger partial charge in [-0.15, -0.1) is 11.3 Å². The van der Waals surface area contributed by atoms with Crippen molar-refractivity contribution in [2.75, 3.05) is 19.7 Å². The van der Waals surface area contributed by atoms with E-state index in [1.165, 1.54) is 15.6 Å². The molecule has 0 aromatic carbocycles. The van der Waals surface area contributed by atoms with Crippen molar-refractivity contribution in [1.82, 2.24) is 14.1 Å². The molecule has 1 aliphatic carbocycles. The Kier molecular flexibility index (Phi) is 5.39. The number of hydrogen-bond acceptors (Lipinski definition) is 5. The fourth-order valence-electron chi connectivity index (χ4n) is 3.20. The van der Waals surface area contributed by atoms with Crippen molar-refractivity contribution in [3.05, 3.63) is 23.7 Å². The maximum Gasteiger partial charge on any atom is 0.246 e. The molecule has 8 heteroatoms. The molecule has 6 nitrogen and oxygen atoms in total. The molecule has 0 atom stereocenters. The van der Waals surface area contributed by atoms with Gasteiger partial charge in [0, 0.05) is 19.3 Å². The van der Waals surface area contributed by atoms with Crippen molar-refractivity contribution in [2.45, 2.75) is 43.5 Å². The first-order valence-electron chi connectivity index (χ1n) is 8.32. The zero-order valence-electron chi connectivity index (χ0n) is 13.8. The SMILES string of the molecule is CCN(CCO)S(=O)(=O)c1cn(C2CCCC2)nc1-c1cccs1. The highest BCUT2D eigenvalue weighted by atomic mass is 32.2. The minimum Gasteiger partial charge on any atom is -0.395 e. The van der Waals surface area contributed by atoms with Crippen molar-refractivity contribution in [2.24, 2.45) is 0 Å². The molecule has 0 radical (unpaired) electrons. The average Bonchev–Trinajstić information content (AvgIpc) is 3.32. The molecule has 3 rings (SSSR count). The van der Waals surface area contributed by atoms with Gasteiger partial charge in [0.1, 0.15) is 10.6 Å². The van der Waals surface area contributed by atoms with Crippen LogP contribution in [0.1, 0.15) is 38.6 Å². The third-order valence-corrected chi connectivity index (χ3v) is 7.32. The van der Waals surface area contributed by atoms with Gasteiger partial charge in [-0.05, 0) is 24.3 Å². The zero-order chi connectivity index (χ0) is 17.2. The van der Waals surface area contributed by atoms with Crippen molar-refractivity contribution in [1.29, 1.82) is 0 Å². The maximum atomic E-state index is 13.1. The fraction of sp³-hybridized carbons (Fsp3) is 0.562. The molecule has 0 amide bonds. The Bertz CT molecular complexity index is 763. The van der Waals surface area contributed by atoms with Crippen LogP contribution in [0.2, 0.25) is 0 Å². The molecule has 132 valence electrons. The van der Waals surface area contributed by atoms with E-state index < -0.39 is 10.0 Å². The molecule has 1 N–H and O–H groups in total. The smallest absolute Gasteiger partial charge is 0.246 e. The third-order valence-electron chi connectivity index (χ3n) is 4.47. The molecule has 2 aromatic rings. The predicted molar refractivity (Wildman–Crippen MR) is 94.6 cm³/mol. The molecule has 2 aromatic heterocycles. The summed E-state index contributed by atoms with van der Waals surface area (Å²) in [5.41, 5.74) is 0.522. The Morgan fingerprint density at radius 3 is 2.75 bits per heavy atom. The Balaban J connectivity index is 2.07. The first-order valence-corrected chi connectivity index (χ1v) is 10.6.